The number of nitrogens with one attached hydrogen (secondary N) is 1. The summed E-state index contributed by atoms with van der Waals surface area (Å²) in [6, 6.07) is 14.8. The van der Waals surface area contributed by atoms with Gasteiger partial charge in [-0.15, -0.1) is 11.8 Å². The molecule has 142 valence electrons. The van der Waals surface area contributed by atoms with Crippen LogP contribution in [0, 0.1) is 0 Å². The lowest BCUT2D eigenvalue weighted by Gasteiger charge is -2.08. The molecule has 0 atom stereocenters. The Kier molecular flexibility index (Phi) is 8.18. The van der Waals surface area contributed by atoms with Crippen molar-refractivity contribution >= 4 is 30.0 Å². The first-order valence-electron chi connectivity index (χ1n) is 7.99. The predicted octanol–water partition coefficient (Wildman–Crippen LogP) is 3.22. The highest BCUT2D eigenvalue weighted by molar-refractivity contribution is 7.99. The Labute approximate surface area is 161 Å². The molecule has 0 aliphatic heterocycles. The number of hydrogen-bond donors (Lipinski definition) is 1. The Morgan fingerprint density at radius 1 is 1.11 bits per heavy atom. The van der Waals surface area contributed by atoms with Gasteiger partial charge in [-0.1, -0.05) is 30.3 Å². The minimum absolute atomic E-state index is 0.190. The first-order valence-corrected chi connectivity index (χ1v) is 9.15. The molecule has 0 radical (unpaired) electrons. The zero-order valence-electron chi connectivity index (χ0n) is 15.0. The molecule has 27 heavy (non-hydrogen) atoms. The molecule has 8 heteroatoms. The van der Waals surface area contributed by atoms with Crippen LogP contribution < -0.4 is 14.9 Å². The molecule has 0 fully saturated rings. The van der Waals surface area contributed by atoms with Crippen LogP contribution in [0.4, 0.5) is 4.79 Å². The van der Waals surface area contributed by atoms with Crippen molar-refractivity contribution in [1.29, 1.82) is 0 Å². The van der Waals surface area contributed by atoms with Gasteiger partial charge in [0.2, 0.25) is 5.91 Å². The molecule has 0 saturated carbocycles. The van der Waals surface area contributed by atoms with Crippen LogP contribution >= 0.6 is 11.8 Å². The van der Waals surface area contributed by atoms with Gasteiger partial charge in [-0.25, -0.2) is 10.2 Å². The van der Waals surface area contributed by atoms with E-state index in [2.05, 4.69) is 15.3 Å². The Morgan fingerprint density at radius 2 is 1.89 bits per heavy atom. The molecule has 2 rings (SSSR count). The van der Waals surface area contributed by atoms with Crippen LogP contribution in [0.2, 0.25) is 0 Å². The van der Waals surface area contributed by atoms with Gasteiger partial charge in [0.05, 0.1) is 26.2 Å². The topological polar surface area (TPSA) is 86.2 Å². The maximum atomic E-state index is 11.8. The third-order valence-corrected chi connectivity index (χ3v) is 4.30. The van der Waals surface area contributed by atoms with Gasteiger partial charge in [0.25, 0.3) is 0 Å². The smallest absolute Gasteiger partial charge is 0.493 e. The predicted molar refractivity (Wildman–Crippen MR) is 104 cm³/mol. The maximum absolute atomic E-state index is 11.8. The normalized spacial score (nSPS) is 10.4. The van der Waals surface area contributed by atoms with E-state index in [0.29, 0.717) is 17.1 Å². The summed E-state index contributed by atoms with van der Waals surface area (Å²) >= 11 is 1.51. The standard InChI is InChI=1S/C19H20N2O5S/c1-24-17-10-15(8-9-16(17)26-19(23)25-2)11-20-21-18(22)13-27-12-14-6-4-3-5-7-14/h3-11H,12-13H2,1-2H3,(H,21,22)/b20-11-. The number of benzene rings is 2. The summed E-state index contributed by atoms with van der Waals surface area (Å²) in [5.74, 6) is 1.44. The molecule has 1 N–H and O–H groups in total. The van der Waals surface area contributed by atoms with E-state index in [1.54, 1.807) is 18.2 Å². The minimum atomic E-state index is -0.838. The molecule has 0 aliphatic rings. The number of methoxy groups -OCH3 is 2. The van der Waals surface area contributed by atoms with E-state index in [1.807, 2.05) is 30.3 Å². The first kappa shape index (κ1) is 20.3. The molecule has 0 aromatic heterocycles. The quantitative estimate of drug-likeness (QED) is 0.323. The van der Waals surface area contributed by atoms with Crippen LogP contribution in [0.15, 0.2) is 53.6 Å². The van der Waals surface area contributed by atoms with Gasteiger partial charge in [-0.3, -0.25) is 4.79 Å². The number of thioether (sulfide) groups is 1. The number of amides is 1. The molecular formula is C19H20N2O5S. The molecule has 0 unspecified atom stereocenters. The van der Waals surface area contributed by atoms with Gasteiger partial charge in [-0.05, 0) is 29.3 Å². The van der Waals surface area contributed by atoms with Crippen molar-refractivity contribution in [2.45, 2.75) is 5.75 Å². The summed E-state index contributed by atoms with van der Waals surface area (Å²) in [4.78, 5) is 23.0. The molecule has 0 spiro atoms. The molecular weight excluding hydrogens is 368 g/mol. The summed E-state index contributed by atoms with van der Waals surface area (Å²) in [7, 11) is 2.67. The van der Waals surface area contributed by atoms with Crippen LogP contribution in [0.1, 0.15) is 11.1 Å². The number of ether oxygens (including phenoxy) is 3. The lowest BCUT2D eigenvalue weighted by atomic mass is 10.2. The number of carbonyl (C=O) groups is 2. The van der Waals surface area contributed by atoms with Crippen molar-refractivity contribution in [3.8, 4) is 11.5 Å². The summed E-state index contributed by atoms with van der Waals surface area (Å²) < 4.78 is 14.6. The van der Waals surface area contributed by atoms with Crippen LogP contribution in [0.5, 0.6) is 11.5 Å². The van der Waals surface area contributed by atoms with Crippen molar-refractivity contribution in [2.24, 2.45) is 5.10 Å². The third-order valence-electron chi connectivity index (χ3n) is 3.30. The van der Waals surface area contributed by atoms with E-state index < -0.39 is 6.16 Å². The monoisotopic (exact) mass is 388 g/mol. The van der Waals surface area contributed by atoms with E-state index in [-0.39, 0.29) is 11.7 Å². The summed E-state index contributed by atoms with van der Waals surface area (Å²) in [5.41, 5.74) is 4.31. The van der Waals surface area contributed by atoms with E-state index in [4.69, 9.17) is 9.47 Å². The third kappa shape index (κ3) is 7.02. The second kappa shape index (κ2) is 10.9. The first-order chi connectivity index (χ1) is 13.1. The van der Waals surface area contributed by atoms with Crippen molar-refractivity contribution in [3.63, 3.8) is 0 Å². The van der Waals surface area contributed by atoms with Crippen LogP contribution in [0.3, 0.4) is 0 Å². The molecule has 0 heterocycles. The average molecular weight is 388 g/mol. The summed E-state index contributed by atoms with van der Waals surface area (Å²) in [6.07, 6.45) is 0.638. The fourth-order valence-electron chi connectivity index (χ4n) is 2.03. The number of carbonyl (C=O) groups excluding carboxylic acids is 2. The van der Waals surface area contributed by atoms with Gasteiger partial charge in [0.15, 0.2) is 11.5 Å². The van der Waals surface area contributed by atoms with Gasteiger partial charge in [-0.2, -0.15) is 5.10 Å². The van der Waals surface area contributed by atoms with Gasteiger partial charge < -0.3 is 14.2 Å². The highest BCUT2D eigenvalue weighted by atomic mass is 32.2. The second-order valence-corrected chi connectivity index (χ2v) is 6.22. The van der Waals surface area contributed by atoms with E-state index >= 15 is 0 Å². The molecule has 7 nitrogen and oxygen atoms in total. The molecule has 0 bridgehead atoms. The lowest BCUT2D eigenvalue weighted by Crippen LogP contribution is -2.19. The largest absolute Gasteiger partial charge is 0.513 e. The fraction of sp³-hybridized carbons (Fsp3) is 0.211. The Balaban J connectivity index is 1.82. The molecule has 2 aromatic carbocycles. The SMILES string of the molecule is COC(=O)Oc1ccc(/C=N\NC(=O)CSCc2ccccc2)cc1OC. The zero-order chi connectivity index (χ0) is 19.5. The van der Waals surface area contributed by atoms with Crippen LogP contribution in [0.25, 0.3) is 0 Å². The summed E-state index contributed by atoms with van der Waals surface area (Å²) in [6.45, 7) is 0. The zero-order valence-corrected chi connectivity index (χ0v) is 15.8. The van der Waals surface area contributed by atoms with Crippen molar-refractivity contribution < 1.29 is 23.8 Å². The number of rotatable bonds is 8. The molecule has 0 saturated heterocycles. The fourth-order valence-corrected chi connectivity index (χ4v) is 2.81. The Morgan fingerprint density at radius 3 is 2.59 bits per heavy atom. The van der Waals surface area contributed by atoms with Gasteiger partial charge in [0.1, 0.15) is 0 Å². The van der Waals surface area contributed by atoms with Crippen molar-refractivity contribution in [3.05, 3.63) is 59.7 Å². The van der Waals surface area contributed by atoms with E-state index in [9.17, 15) is 9.59 Å². The highest BCUT2D eigenvalue weighted by Gasteiger charge is 2.10. The summed E-state index contributed by atoms with van der Waals surface area (Å²) in [5, 5.41) is 3.92. The lowest BCUT2D eigenvalue weighted by molar-refractivity contribution is -0.118. The van der Waals surface area contributed by atoms with Crippen LogP contribution in [-0.4, -0.2) is 38.2 Å². The maximum Gasteiger partial charge on any atom is 0.513 e. The van der Waals surface area contributed by atoms with Crippen molar-refractivity contribution in [1.82, 2.24) is 5.43 Å². The van der Waals surface area contributed by atoms with Crippen LogP contribution in [-0.2, 0) is 15.3 Å². The second-order valence-electron chi connectivity index (χ2n) is 5.24. The number of nitrogens with zero attached hydrogens (tertiary/aromatic N) is 1. The van der Waals surface area contributed by atoms with Gasteiger partial charge in [0, 0.05) is 5.75 Å². The number of hydrogen-bond acceptors (Lipinski definition) is 7. The van der Waals surface area contributed by atoms with E-state index in [1.165, 1.54) is 37.8 Å². The molecule has 1 amide bonds. The minimum Gasteiger partial charge on any atom is -0.493 e. The highest BCUT2D eigenvalue weighted by Crippen LogP contribution is 2.27. The molecule has 0 aliphatic carbocycles. The van der Waals surface area contributed by atoms with E-state index in [0.717, 1.165) is 5.75 Å². The number of hydrazone groups is 1. The average Bonchev–Trinajstić information content (AvgIpc) is 2.69. The molecule has 2 aromatic rings. The van der Waals surface area contributed by atoms with Gasteiger partial charge >= 0.3 is 6.16 Å². The van der Waals surface area contributed by atoms with Crippen molar-refractivity contribution in [2.75, 3.05) is 20.0 Å². The Bertz CT molecular complexity index is 796. The Hall–Kier alpha value is -3.00.